The van der Waals surface area contributed by atoms with Crippen LogP contribution in [0.3, 0.4) is 0 Å². The number of benzene rings is 2. The molecule has 0 N–H and O–H groups in total. The summed E-state index contributed by atoms with van der Waals surface area (Å²) in [5.41, 5.74) is 1.90. The lowest BCUT2D eigenvalue weighted by Crippen LogP contribution is -2.40. The normalized spacial score (nSPS) is 15.9. The Bertz CT molecular complexity index is 1320. The zero-order valence-electron chi connectivity index (χ0n) is 16.7. The highest BCUT2D eigenvalue weighted by atomic mass is 16.2. The van der Waals surface area contributed by atoms with Crippen molar-refractivity contribution < 1.29 is 4.79 Å². The third-order valence-corrected chi connectivity index (χ3v) is 5.51. The molecule has 0 bridgehead atoms. The number of aryl methyl sites for hydroxylation is 1. The second-order valence-electron chi connectivity index (χ2n) is 7.60. The van der Waals surface area contributed by atoms with E-state index >= 15 is 0 Å². The van der Waals surface area contributed by atoms with Crippen LogP contribution < -0.4 is 5.56 Å². The third kappa shape index (κ3) is 2.88. The molecule has 150 valence electrons. The summed E-state index contributed by atoms with van der Waals surface area (Å²) in [7, 11) is 1.66. The Labute approximate surface area is 172 Å². The number of aromatic nitrogens is 5. The van der Waals surface area contributed by atoms with Crippen LogP contribution in [0.1, 0.15) is 29.1 Å². The molecule has 30 heavy (non-hydrogen) atoms. The summed E-state index contributed by atoms with van der Waals surface area (Å²) < 4.78 is 3.53. The summed E-state index contributed by atoms with van der Waals surface area (Å²) in [5, 5.41) is 9.21. The molecule has 0 fully saturated rings. The molecule has 0 saturated carbocycles. The van der Waals surface area contributed by atoms with Gasteiger partial charge in [0.25, 0.3) is 11.5 Å². The molecule has 1 aliphatic rings. The molecule has 0 aliphatic carbocycles. The quantitative estimate of drug-likeness (QED) is 0.516. The molecular weight excluding hydrogens is 380 g/mol. The first-order valence-corrected chi connectivity index (χ1v) is 9.77. The molecule has 5 rings (SSSR count). The first kappa shape index (κ1) is 18.2. The topological polar surface area (TPSA) is 85.9 Å². The molecule has 1 aliphatic heterocycles. The number of fused-ring (bicyclic) bond motifs is 2. The Morgan fingerprint density at radius 2 is 1.90 bits per heavy atom. The van der Waals surface area contributed by atoms with E-state index in [4.69, 9.17) is 0 Å². The average molecular weight is 400 g/mol. The van der Waals surface area contributed by atoms with Crippen molar-refractivity contribution in [1.29, 1.82) is 0 Å². The number of carbonyl (C=O) groups excluding carboxylic acids is 1. The minimum absolute atomic E-state index is 0.0359. The Balaban J connectivity index is 1.46. The Hall–Kier alpha value is -3.81. The van der Waals surface area contributed by atoms with E-state index in [1.165, 1.54) is 10.9 Å². The third-order valence-electron chi connectivity index (χ3n) is 5.51. The van der Waals surface area contributed by atoms with Gasteiger partial charge < -0.3 is 14.0 Å². The molecular formula is C22H20N6O2. The molecule has 2 aromatic carbocycles. The van der Waals surface area contributed by atoms with Crippen molar-refractivity contribution in [3.05, 3.63) is 76.6 Å². The largest absolute Gasteiger partial charge is 0.329 e. The molecule has 8 heteroatoms. The lowest BCUT2D eigenvalue weighted by molar-refractivity contribution is 0.0682. The molecule has 1 atom stereocenters. The minimum Gasteiger partial charge on any atom is -0.329 e. The first-order chi connectivity index (χ1) is 14.5. The van der Waals surface area contributed by atoms with Crippen LogP contribution in [0.5, 0.6) is 0 Å². The van der Waals surface area contributed by atoms with Crippen molar-refractivity contribution in [2.45, 2.75) is 19.5 Å². The number of carbonyl (C=O) groups is 1. The maximum atomic E-state index is 13.2. The Morgan fingerprint density at radius 1 is 1.10 bits per heavy atom. The predicted octanol–water partition coefficient (Wildman–Crippen LogP) is 2.41. The van der Waals surface area contributed by atoms with E-state index in [2.05, 4.69) is 26.7 Å². The summed E-state index contributed by atoms with van der Waals surface area (Å²) in [5.74, 6) is 1.46. The van der Waals surface area contributed by atoms with Crippen molar-refractivity contribution in [2.75, 3.05) is 6.54 Å². The summed E-state index contributed by atoms with van der Waals surface area (Å²) in [6, 6.07) is 15.0. The minimum atomic E-state index is -0.132. The van der Waals surface area contributed by atoms with Crippen molar-refractivity contribution in [3.63, 3.8) is 0 Å². The van der Waals surface area contributed by atoms with Crippen LogP contribution in [0.25, 0.3) is 22.3 Å². The zero-order valence-corrected chi connectivity index (χ0v) is 16.7. The highest BCUT2D eigenvalue weighted by molar-refractivity contribution is 5.97. The molecule has 0 radical (unpaired) electrons. The van der Waals surface area contributed by atoms with Gasteiger partial charge in [0.05, 0.1) is 29.8 Å². The number of amides is 1. The fourth-order valence-electron chi connectivity index (χ4n) is 4.00. The van der Waals surface area contributed by atoms with Gasteiger partial charge in [-0.1, -0.05) is 30.3 Å². The standard InChI is InChI=1S/C22H20N6O2/c1-14-11-27(12-19-24-25-20(28(14)19)15-6-4-3-5-7-15)21(29)16-8-9-17-18(10-16)23-13-26(2)22(17)30/h3-10,13-14H,11-12H2,1-2H3/t14-/m0/s1. The van der Waals surface area contributed by atoms with Crippen LogP contribution in [0.4, 0.5) is 0 Å². The lowest BCUT2D eigenvalue weighted by Gasteiger charge is -2.32. The molecule has 0 saturated heterocycles. The summed E-state index contributed by atoms with van der Waals surface area (Å²) in [6.07, 6.45) is 1.47. The highest BCUT2D eigenvalue weighted by Crippen LogP contribution is 2.28. The smallest absolute Gasteiger partial charge is 0.260 e. The number of rotatable bonds is 2. The van der Waals surface area contributed by atoms with Crippen LogP contribution in [0.15, 0.2) is 59.7 Å². The second-order valence-corrected chi connectivity index (χ2v) is 7.60. The maximum Gasteiger partial charge on any atom is 0.260 e. The molecule has 4 aromatic rings. The van der Waals surface area contributed by atoms with Gasteiger partial charge in [-0.2, -0.15) is 0 Å². The molecule has 2 aromatic heterocycles. The number of nitrogens with zero attached hydrogens (tertiary/aromatic N) is 6. The van der Waals surface area contributed by atoms with Crippen LogP contribution >= 0.6 is 0 Å². The fraction of sp³-hybridized carbons (Fsp3) is 0.227. The van der Waals surface area contributed by atoms with Gasteiger partial charge in [-0.25, -0.2) is 4.98 Å². The van der Waals surface area contributed by atoms with Crippen molar-refractivity contribution in [2.24, 2.45) is 7.05 Å². The fourth-order valence-corrected chi connectivity index (χ4v) is 4.00. The maximum absolute atomic E-state index is 13.2. The van der Waals surface area contributed by atoms with E-state index in [0.29, 0.717) is 29.6 Å². The summed E-state index contributed by atoms with van der Waals surface area (Å²) >= 11 is 0. The first-order valence-electron chi connectivity index (χ1n) is 9.77. The van der Waals surface area contributed by atoms with Gasteiger partial charge in [0, 0.05) is 24.7 Å². The van der Waals surface area contributed by atoms with Gasteiger partial charge >= 0.3 is 0 Å². The Kier molecular flexibility index (Phi) is 4.20. The number of hydrogen-bond acceptors (Lipinski definition) is 5. The van der Waals surface area contributed by atoms with Crippen molar-refractivity contribution >= 4 is 16.8 Å². The number of hydrogen-bond donors (Lipinski definition) is 0. The highest BCUT2D eigenvalue weighted by Gasteiger charge is 2.30. The van der Waals surface area contributed by atoms with Crippen LogP contribution in [0, 0.1) is 0 Å². The SMILES string of the molecule is C[C@H]1CN(C(=O)c2ccc3c(=O)n(C)cnc3c2)Cc2nnc(-c3ccccc3)n21. The van der Waals surface area contributed by atoms with Crippen LogP contribution in [0.2, 0.25) is 0 Å². The molecule has 0 spiro atoms. The van der Waals surface area contributed by atoms with Crippen molar-refractivity contribution in [1.82, 2.24) is 29.2 Å². The predicted molar refractivity (Wildman–Crippen MR) is 112 cm³/mol. The van der Waals surface area contributed by atoms with E-state index in [0.717, 1.165) is 17.2 Å². The van der Waals surface area contributed by atoms with E-state index in [9.17, 15) is 9.59 Å². The average Bonchev–Trinajstić information content (AvgIpc) is 3.21. The van der Waals surface area contributed by atoms with Gasteiger partial charge in [0.2, 0.25) is 0 Å². The van der Waals surface area contributed by atoms with Gasteiger partial charge in [-0.05, 0) is 25.1 Å². The second kappa shape index (κ2) is 6.91. The van der Waals surface area contributed by atoms with Gasteiger partial charge in [-0.3, -0.25) is 9.59 Å². The Morgan fingerprint density at radius 3 is 2.70 bits per heavy atom. The monoisotopic (exact) mass is 400 g/mol. The molecule has 3 heterocycles. The summed E-state index contributed by atoms with van der Waals surface area (Å²) in [4.78, 5) is 31.5. The van der Waals surface area contributed by atoms with Gasteiger partial charge in [-0.15, -0.1) is 10.2 Å². The molecule has 1 amide bonds. The van der Waals surface area contributed by atoms with Crippen LogP contribution in [-0.4, -0.2) is 41.7 Å². The zero-order chi connectivity index (χ0) is 20.8. The molecule has 0 unspecified atom stereocenters. The van der Waals surface area contributed by atoms with E-state index in [-0.39, 0.29) is 17.5 Å². The molecule has 8 nitrogen and oxygen atoms in total. The van der Waals surface area contributed by atoms with E-state index in [1.54, 1.807) is 30.1 Å². The van der Waals surface area contributed by atoms with E-state index in [1.807, 2.05) is 30.3 Å². The van der Waals surface area contributed by atoms with Gasteiger partial charge in [0.15, 0.2) is 11.6 Å². The summed E-state index contributed by atoms with van der Waals surface area (Å²) in [6.45, 7) is 2.99. The van der Waals surface area contributed by atoms with Gasteiger partial charge in [0.1, 0.15) is 0 Å². The van der Waals surface area contributed by atoms with Crippen molar-refractivity contribution in [3.8, 4) is 11.4 Å². The van der Waals surface area contributed by atoms with Crippen LogP contribution in [-0.2, 0) is 13.6 Å². The lowest BCUT2D eigenvalue weighted by atomic mass is 10.1. The van der Waals surface area contributed by atoms with E-state index < -0.39 is 0 Å².